The normalized spacial score (nSPS) is 12.4. The van der Waals surface area contributed by atoms with Crippen molar-refractivity contribution < 1.29 is 18.0 Å². The fourth-order valence-electron chi connectivity index (χ4n) is 2.86. The summed E-state index contributed by atoms with van der Waals surface area (Å²) < 4.78 is 41.9. The second-order valence-corrected chi connectivity index (χ2v) is 9.08. The molecule has 0 saturated carbocycles. The molecule has 0 aliphatic rings. The quantitative estimate of drug-likeness (QED) is 0.304. The SMILES string of the molecule is CC(C)Cn1c(SC(C)C(=O)Nc2ccc(F)c(F)c2F)nc2ccc(Cl)cc2c1=O. The van der Waals surface area contributed by atoms with Gasteiger partial charge in [0.15, 0.2) is 22.6 Å². The Labute approximate surface area is 185 Å². The molecule has 0 radical (unpaired) electrons. The van der Waals surface area contributed by atoms with Gasteiger partial charge in [-0.2, -0.15) is 0 Å². The molecule has 1 N–H and O–H groups in total. The number of aromatic nitrogens is 2. The molecular formula is C21H19ClF3N3O2S. The van der Waals surface area contributed by atoms with E-state index in [-0.39, 0.29) is 11.5 Å². The molecule has 1 amide bonds. The second-order valence-electron chi connectivity index (χ2n) is 7.34. The predicted molar refractivity (Wildman–Crippen MR) is 116 cm³/mol. The predicted octanol–water partition coefficient (Wildman–Crippen LogP) is 5.24. The van der Waals surface area contributed by atoms with Crippen LogP contribution in [0.1, 0.15) is 20.8 Å². The number of halogens is 4. The Bertz CT molecular complexity index is 1220. The first-order chi connectivity index (χ1) is 14.6. The van der Waals surface area contributed by atoms with E-state index in [0.717, 1.165) is 23.9 Å². The highest BCUT2D eigenvalue weighted by molar-refractivity contribution is 8.00. The summed E-state index contributed by atoms with van der Waals surface area (Å²) in [6.07, 6.45) is 0. The first-order valence-electron chi connectivity index (χ1n) is 9.39. The summed E-state index contributed by atoms with van der Waals surface area (Å²) in [4.78, 5) is 30.1. The largest absolute Gasteiger partial charge is 0.323 e. The number of hydrogen-bond donors (Lipinski definition) is 1. The lowest BCUT2D eigenvalue weighted by atomic mass is 10.2. The number of nitrogens with one attached hydrogen (secondary N) is 1. The van der Waals surface area contributed by atoms with Gasteiger partial charge in [-0.15, -0.1) is 0 Å². The van der Waals surface area contributed by atoms with Gasteiger partial charge in [-0.25, -0.2) is 18.2 Å². The van der Waals surface area contributed by atoms with Crippen LogP contribution >= 0.6 is 23.4 Å². The lowest BCUT2D eigenvalue weighted by molar-refractivity contribution is -0.115. The van der Waals surface area contributed by atoms with Crippen molar-refractivity contribution in [3.63, 3.8) is 0 Å². The third-order valence-corrected chi connectivity index (χ3v) is 5.70. The number of amides is 1. The Morgan fingerprint density at radius 1 is 1.16 bits per heavy atom. The molecule has 1 atom stereocenters. The summed E-state index contributed by atoms with van der Waals surface area (Å²) in [5, 5.41) is 2.50. The zero-order valence-electron chi connectivity index (χ0n) is 16.9. The molecule has 31 heavy (non-hydrogen) atoms. The Balaban J connectivity index is 1.92. The molecule has 1 heterocycles. The highest BCUT2D eigenvalue weighted by Crippen LogP contribution is 2.26. The molecular weight excluding hydrogens is 451 g/mol. The van der Waals surface area contributed by atoms with Crippen LogP contribution in [0.3, 0.4) is 0 Å². The van der Waals surface area contributed by atoms with Gasteiger partial charge >= 0.3 is 0 Å². The topological polar surface area (TPSA) is 64.0 Å². The van der Waals surface area contributed by atoms with E-state index in [2.05, 4.69) is 10.3 Å². The van der Waals surface area contributed by atoms with E-state index in [9.17, 15) is 22.8 Å². The van der Waals surface area contributed by atoms with Crippen LogP contribution in [-0.2, 0) is 11.3 Å². The molecule has 0 saturated heterocycles. The first kappa shape index (κ1) is 23.1. The maximum Gasteiger partial charge on any atom is 0.262 e. The Kier molecular flexibility index (Phi) is 6.96. The van der Waals surface area contributed by atoms with Gasteiger partial charge in [-0.1, -0.05) is 37.2 Å². The van der Waals surface area contributed by atoms with E-state index in [1.807, 2.05) is 13.8 Å². The van der Waals surface area contributed by atoms with E-state index in [0.29, 0.717) is 27.6 Å². The highest BCUT2D eigenvalue weighted by atomic mass is 35.5. The number of nitrogens with zero attached hydrogens (tertiary/aromatic N) is 2. The molecule has 0 aliphatic heterocycles. The van der Waals surface area contributed by atoms with Gasteiger partial charge < -0.3 is 5.32 Å². The van der Waals surface area contributed by atoms with Crippen molar-refractivity contribution in [2.45, 2.75) is 37.7 Å². The first-order valence-corrected chi connectivity index (χ1v) is 10.6. The average molecular weight is 470 g/mol. The molecule has 1 unspecified atom stereocenters. The van der Waals surface area contributed by atoms with Gasteiger partial charge in [0, 0.05) is 11.6 Å². The number of carbonyl (C=O) groups excluding carboxylic acids is 1. The number of benzene rings is 2. The van der Waals surface area contributed by atoms with E-state index < -0.39 is 34.3 Å². The molecule has 0 bridgehead atoms. The van der Waals surface area contributed by atoms with Crippen molar-refractivity contribution in [3.8, 4) is 0 Å². The summed E-state index contributed by atoms with van der Waals surface area (Å²) in [5.74, 6) is -5.04. The van der Waals surface area contributed by atoms with Crippen LogP contribution in [0.2, 0.25) is 5.02 Å². The van der Waals surface area contributed by atoms with Gasteiger partial charge in [-0.3, -0.25) is 14.2 Å². The molecule has 3 aromatic rings. The van der Waals surface area contributed by atoms with E-state index >= 15 is 0 Å². The third-order valence-electron chi connectivity index (χ3n) is 4.37. The summed E-state index contributed by atoms with van der Waals surface area (Å²) in [5.41, 5.74) is -0.337. The minimum absolute atomic E-state index is 0.121. The fraction of sp³-hybridized carbons (Fsp3) is 0.286. The molecule has 0 spiro atoms. The second kappa shape index (κ2) is 9.32. The molecule has 5 nitrogen and oxygen atoms in total. The lowest BCUT2D eigenvalue weighted by Crippen LogP contribution is -2.28. The van der Waals surface area contributed by atoms with Gasteiger partial charge in [0.25, 0.3) is 5.56 Å². The monoisotopic (exact) mass is 469 g/mol. The summed E-state index contributed by atoms with van der Waals surface area (Å²) in [6, 6.07) is 6.43. The average Bonchev–Trinajstić information content (AvgIpc) is 2.71. The lowest BCUT2D eigenvalue weighted by Gasteiger charge is -2.18. The number of thioether (sulfide) groups is 1. The van der Waals surface area contributed by atoms with Crippen molar-refractivity contribution in [1.82, 2.24) is 9.55 Å². The number of hydrogen-bond acceptors (Lipinski definition) is 4. The number of carbonyl (C=O) groups is 1. The van der Waals surface area contributed by atoms with Crippen LogP contribution in [0.4, 0.5) is 18.9 Å². The summed E-state index contributed by atoms with van der Waals surface area (Å²) >= 11 is 7.01. The maximum absolute atomic E-state index is 13.9. The number of fused-ring (bicyclic) bond motifs is 1. The van der Waals surface area contributed by atoms with Crippen molar-refractivity contribution >= 4 is 45.9 Å². The van der Waals surface area contributed by atoms with Gasteiger partial charge in [0.2, 0.25) is 5.91 Å². The number of rotatable bonds is 6. The standard InChI is InChI=1S/C21H19ClF3N3O2S/c1-10(2)9-28-20(30)13-8-12(22)4-6-15(13)27-21(28)31-11(3)19(29)26-16-7-5-14(23)17(24)18(16)25/h4-8,10-11H,9H2,1-3H3,(H,26,29). The molecule has 0 aliphatic carbocycles. The summed E-state index contributed by atoms with van der Waals surface area (Å²) in [7, 11) is 0. The van der Waals surface area contributed by atoms with Crippen LogP contribution in [-0.4, -0.2) is 20.7 Å². The highest BCUT2D eigenvalue weighted by Gasteiger charge is 2.22. The Morgan fingerprint density at radius 2 is 1.87 bits per heavy atom. The Morgan fingerprint density at radius 3 is 2.55 bits per heavy atom. The maximum atomic E-state index is 13.9. The summed E-state index contributed by atoms with van der Waals surface area (Å²) in [6.45, 7) is 5.77. The van der Waals surface area contributed by atoms with Crippen LogP contribution in [0.25, 0.3) is 10.9 Å². The molecule has 1 aromatic heterocycles. The number of anilines is 1. The molecule has 10 heteroatoms. The van der Waals surface area contributed by atoms with Crippen LogP contribution in [0.15, 0.2) is 40.3 Å². The van der Waals surface area contributed by atoms with Gasteiger partial charge in [-0.05, 0) is 43.2 Å². The fourth-order valence-corrected chi connectivity index (χ4v) is 3.95. The zero-order chi connectivity index (χ0) is 22.9. The molecule has 0 fully saturated rings. The minimum Gasteiger partial charge on any atom is -0.323 e. The van der Waals surface area contributed by atoms with Crippen molar-refractivity contribution in [3.05, 3.63) is 63.2 Å². The van der Waals surface area contributed by atoms with Crippen LogP contribution in [0, 0.1) is 23.4 Å². The Hall–Kier alpha value is -2.52. The molecule has 2 aromatic carbocycles. The molecule has 3 rings (SSSR count). The van der Waals surface area contributed by atoms with Crippen LogP contribution in [0.5, 0.6) is 0 Å². The van der Waals surface area contributed by atoms with Gasteiger partial charge in [0.1, 0.15) is 0 Å². The minimum atomic E-state index is -1.67. The third kappa shape index (κ3) is 5.04. The van der Waals surface area contributed by atoms with E-state index in [1.54, 1.807) is 18.2 Å². The molecule has 164 valence electrons. The smallest absolute Gasteiger partial charge is 0.262 e. The zero-order valence-corrected chi connectivity index (χ0v) is 18.5. The van der Waals surface area contributed by atoms with E-state index in [1.165, 1.54) is 11.5 Å². The van der Waals surface area contributed by atoms with Crippen molar-refractivity contribution in [1.29, 1.82) is 0 Å². The van der Waals surface area contributed by atoms with Crippen LogP contribution < -0.4 is 10.9 Å². The van der Waals surface area contributed by atoms with Crippen molar-refractivity contribution in [2.24, 2.45) is 5.92 Å². The van der Waals surface area contributed by atoms with Gasteiger partial charge in [0.05, 0.1) is 21.8 Å². The van der Waals surface area contributed by atoms with E-state index in [4.69, 9.17) is 11.6 Å². The van der Waals surface area contributed by atoms with Crippen molar-refractivity contribution in [2.75, 3.05) is 5.32 Å².